The minimum atomic E-state index is -1.54. The van der Waals surface area contributed by atoms with E-state index in [0.29, 0.717) is 52.9 Å². The lowest BCUT2D eigenvalue weighted by atomic mass is 9.92. The Morgan fingerprint density at radius 2 is 1.72 bits per heavy atom. The first-order valence-corrected chi connectivity index (χ1v) is 15.1. The van der Waals surface area contributed by atoms with Gasteiger partial charge in [-0.05, 0) is 82.9 Å². The van der Waals surface area contributed by atoms with Crippen molar-refractivity contribution in [3.8, 4) is 0 Å². The quantitative estimate of drug-likeness (QED) is 0.235. The number of rotatable bonds is 8. The Labute approximate surface area is 258 Å². The van der Waals surface area contributed by atoms with Gasteiger partial charge in [0.2, 0.25) is 0 Å². The summed E-state index contributed by atoms with van der Waals surface area (Å²) in [4.78, 5) is 30.3. The number of benzene rings is 2. The van der Waals surface area contributed by atoms with Crippen molar-refractivity contribution in [2.75, 3.05) is 23.4 Å². The van der Waals surface area contributed by atoms with Gasteiger partial charge in [0.05, 0.1) is 12.9 Å². The van der Waals surface area contributed by atoms with E-state index in [2.05, 4.69) is 13.8 Å². The zero-order valence-electron chi connectivity index (χ0n) is 28.0. The molecule has 9 heteroatoms. The third-order valence-corrected chi connectivity index (χ3v) is 6.85. The highest BCUT2D eigenvalue weighted by Crippen LogP contribution is 2.37. The minimum absolute atomic E-state index is 0.173. The van der Waals surface area contributed by atoms with Gasteiger partial charge in [-0.25, -0.2) is 9.18 Å². The molecule has 0 saturated carbocycles. The predicted octanol–water partition coefficient (Wildman–Crippen LogP) is 8.78. The summed E-state index contributed by atoms with van der Waals surface area (Å²) in [7, 11) is 1.73. The van der Waals surface area contributed by atoms with Crippen LogP contribution in [0.25, 0.3) is 0 Å². The number of carbonyl (C=O) groups excluding carboxylic acids is 2. The lowest BCUT2D eigenvalue weighted by molar-refractivity contribution is 0.0582. The molecular formula is C34H52FN5O3. The first-order chi connectivity index (χ1) is 20.0. The van der Waals surface area contributed by atoms with Crippen LogP contribution in [0, 0.1) is 16.7 Å². The SMILES string of the molecule is CC.CCC(C)CC(=N)N(C)C=N.CCN(C(=O)OC(C)(C)C)c1cccc(N2Cc3c(cccc3C(C)(C)F)C2=O)c1. The highest BCUT2D eigenvalue weighted by Gasteiger charge is 2.34. The van der Waals surface area contributed by atoms with E-state index >= 15 is 0 Å². The Kier molecular flexibility index (Phi) is 14.0. The van der Waals surface area contributed by atoms with E-state index in [1.54, 1.807) is 48.3 Å². The molecule has 0 aliphatic carbocycles. The second-order valence-corrected chi connectivity index (χ2v) is 11.8. The molecule has 0 spiro atoms. The van der Waals surface area contributed by atoms with E-state index in [0.717, 1.165) is 12.8 Å². The monoisotopic (exact) mass is 597 g/mol. The molecule has 43 heavy (non-hydrogen) atoms. The van der Waals surface area contributed by atoms with E-state index in [1.165, 1.54) is 30.0 Å². The summed E-state index contributed by atoms with van der Waals surface area (Å²) >= 11 is 0. The number of amidine groups is 1. The number of nitrogens with zero attached hydrogens (tertiary/aromatic N) is 3. The van der Waals surface area contributed by atoms with Crippen LogP contribution in [0.1, 0.15) is 104 Å². The number of halogens is 1. The zero-order chi connectivity index (χ0) is 33.1. The zero-order valence-corrected chi connectivity index (χ0v) is 28.0. The van der Waals surface area contributed by atoms with E-state index < -0.39 is 17.4 Å². The van der Waals surface area contributed by atoms with Gasteiger partial charge < -0.3 is 14.5 Å². The lowest BCUT2D eigenvalue weighted by Gasteiger charge is -2.27. The number of alkyl halides is 1. The van der Waals surface area contributed by atoms with E-state index in [4.69, 9.17) is 15.6 Å². The minimum Gasteiger partial charge on any atom is -0.443 e. The predicted molar refractivity (Wildman–Crippen MR) is 176 cm³/mol. The molecule has 0 radical (unpaired) electrons. The maximum Gasteiger partial charge on any atom is 0.414 e. The maximum atomic E-state index is 14.7. The fourth-order valence-electron chi connectivity index (χ4n) is 4.36. The number of hydrogen-bond acceptors (Lipinski definition) is 5. The summed E-state index contributed by atoms with van der Waals surface area (Å²) in [5.41, 5.74) is 0.889. The molecule has 238 valence electrons. The number of hydrogen-bond donors (Lipinski definition) is 2. The van der Waals surface area contributed by atoms with Crippen LogP contribution in [0.5, 0.6) is 0 Å². The number of carbonyl (C=O) groups is 2. The smallest absolute Gasteiger partial charge is 0.414 e. The van der Waals surface area contributed by atoms with Crippen molar-refractivity contribution < 1.29 is 18.7 Å². The van der Waals surface area contributed by atoms with E-state index in [9.17, 15) is 14.0 Å². The van der Waals surface area contributed by atoms with Gasteiger partial charge in [-0.15, -0.1) is 0 Å². The molecule has 2 N–H and O–H groups in total. The van der Waals surface area contributed by atoms with Crippen molar-refractivity contribution in [2.45, 2.75) is 99.9 Å². The van der Waals surface area contributed by atoms with Crippen LogP contribution in [0.2, 0.25) is 0 Å². The van der Waals surface area contributed by atoms with Gasteiger partial charge in [0.25, 0.3) is 5.91 Å². The Hall–Kier alpha value is -3.75. The molecule has 2 aromatic carbocycles. The molecule has 1 atom stereocenters. The fourth-order valence-corrected chi connectivity index (χ4v) is 4.36. The number of ether oxygens (including phenoxy) is 1. The summed E-state index contributed by atoms with van der Waals surface area (Å²) in [6.45, 7) is 19.3. The van der Waals surface area contributed by atoms with Crippen LogP contribution in [0.15, 0.2) is 42.5 Å². The maximum absolute atomic E-state index is 14.7. The molecule has 1 aliphatic heterocycles. The average Bonchev–Trinajstić information content (AvgIpc) is 3.29. The Morgan fingerprint density at radius 3 is 2.23 bits per heavy atom. The van der Waals surface area contributed by atoms with Gasteiger partial charge in [0, 0.05) is 37.0 Å². The van der Waals surface area contributed by atoms with Crippen molar-refractivity contribution in [3.05, 3.63) is 59.2 Å². The molecule has 1 heterocycles. The average molecular weight is 598 g/mol. The number of amides is 2. The third-order valence-electron chi connectivity index (χ3n) is 6.85. The van der Waals surface area contributed by atoms with Crippen LogP contribution in [-0.4, -0.2) is 48.3 Å². The second-order valence-electron chi connectivity index (χ2n) is 11.8. The van der Waals surface area contributed by atoms with E-state index in [1.807, 2.05) is 47.6 Å². The Morgan fingerprint density at radius 1 is 1.12 bits per heavy atom. The molecule has 8 nitrogen and oxygen atoms in total. The molecule has 0 fully saturated rings. The normalized spacial score (nSPS) is 13.0. The third kappa shape index (κ3) is 10.5. The molecule has 2 amide bonds. The number of nitrogens with one attached hydrogen (secondary N) is 2. The molecular weight excluding hydrogens is 545 g/mol. The van der Waals surface area contributed by atoms with Crippen LogP contribution in [0.3, 0.4) is 0 Å². The molecule has 1 aliphatic rings. The van der Waals surface area contributed by atoms with E-state index in [-0.39, 0.29) is 5.91 Å². The van der Waals surface area contributed by atoms with Crippen molar-refractivity contribution in [1.29, 1.82) is 10.8 Å². The molecule has 0 saturated heterocycles. The molecule has 1 unspecified atom stereocenters. The lowest BCUT2D eigenvalue weighted by Crippen LogP contribution is -2.36. The summed E-state index contributed by atoms with van der Waals surface area (Å²) in [6, 6.07) is 12.4. The van der Waals surface area contributed by atoms with Crippen molar-refractivity contribution in [3.63, 3.8) is 0 Å². The molecule has 3 rings (SSSR count). The molecule has 2 aromatic rings. The Balaban J connectivity index is 0.000000602. The highest BCUT2D eigenvalue weighted by atomic mass is 19.1. The topological polar surface area (TPSA) is 101 Å². The summed E-state index contributed by atoms with van der Waals surface area (Å²) < 4.78 is 20.2. The van der Waals surface area contributed by atoms with Crippen LogP contribution >= 0.6 is 0 Å². The summed E-state index contributed by atoms with van der Waals surface area (Å²) in [5, 5.41) is 14.4. The van der Waals surface area contributed by atoms with Crippen molar-refractivity contribution >= 4 is 35.5 Å². The van der Waals surface area contributed by atoms with Crippen LogP contribution in [0.4, 0.5) is 20.6 Å². The first kappa shape index (κ1) is 37.3. The van der Waals surface area contributed by atoms with Gasteiger partial charge in [-0.1, -0.05) is 52.3 Å². The highest BCUT2D eigenvalue weighted by molar-refractivity contribution is 6.10. The first-order valence-electron chi connectivity index (χ1n) is 15.1. The van der Waals surface area contributed by atoms with Gasteiger partial charge in [-0.2, -0.15) is 0 Å². The van der Waals surface area contributed by atoms with Crippen LogP contribution < -0.4 is 9.80 Å². The Bertz CT molecular complexity index is 1250. The van der Waals surface area contributed by atoms with Crippen molar-refractivity contribution in [1.82, 2.24) is 4.90 Å². The standard InChI is InChI=1S/C24H29FN2O3.C8H17N3.C2H6/c1-7-26(22(29)30-23(2,3)4)16-10-8-11-17(14-16)27-15-19-18(21(27)28)12-9-13-20(19)24(5,6)25;1-4-7(2)5-8(10)11(3)6-9;1-2/h8-14H,7,15H2,1-6H3;6-7,9-10H,4-5H2,1-3H3;1-2H3. The number of fused-ring (bicyclic) bond motifs is 1. The van der Waals surface area contributed by atoms with Crippen molar-refractivity contribution in [2.24, 2.45) is 5.92 Å². The van der Waals surface area contributed by atoms with Crippen LogP contribution in [-0.2, 0) is 17.0 Å². The van der Waals surface area contributed by atoms with Gasteiger partial charge in [0.15, 0.2) is 0 Å². The fraction of sp³-hybridized carbons (Fsp3) is 0.529. The summed E-state index contributed by atoms with van der Waals surface area (Å²) in [6.07, 6.45) is 2.58. The van der Waals surface area contributed by atoms with Gasteiger partial charge in [0.1, 0.15) is 17.1 Å². The summed E-state index contributed by atoms with van der Waals surface area (Å²) in [5.74, 6) is 0.896. The molecule has 0 bridgehead atoms. The molecule has 0 aromatic heterocycles. The second kappa shape index (κ2) is 16.2. The number of anilines is 2. The largest absolute Gasteiger partial charge is 0.443 e. The van der Waals surface area contributed by atoms with Gasteiger partial charge >= 0.3 is 6.09 Å². The van der Waals surface area contributed by atoms with Gasteiger partial charge in [-0.3, -0.25) is 20.5 Å².